The Morgan fingerprint density at radius 3 is 2.16 bits per heavy atom. The van der Waals surface area contributed by atoms with Crippen LogP contribution in [0.1, 0.15) is 35.4 Å². The Kier molecular flexibility index (Phi) is 7.14. The molecule has 0 unspecified atom stereocenters. The van der Waals surface area contributed by atoms with Gasteiger partial charge in [-0.25, -0.2) is 4.90 Å². The summed E-state index contributed by atoms with van der Waals surface area (Å²) in [6.45, 7) is 0. The molecule has 1 N–H and O–H groups in total. The number of imide groups is 1. The lowest BCUT2D eigenvalue weighted by Gasteiger charge is -2.42. The van der Waals surface area contributed by atoms with Crippen molar-refractivity contribution < 1.29 is 55.4 Å². The van der Waals surface area contributed by atoms with Crippen LogP contribution in [0.3, 0.4) is 0 Å². The molecule has 0 bridgehead atoms. The molecule has 2 amide bonds. The highest BCUT2D eigenvalue weighted by Gasteiger charge is 2.57. The van der Waals surface area contributed by atoms with Crippen molar-refractivity contribution in [3.8, 4) is 11.5 Å². The van der Waals surface area contributed by atoms with Crippen molar-refractivity contribution in [3.05, 3.63) is 86.4 Å². The normalized spacial score (nSPS) is 25.1. The molecule has 4 aliphatic rings. The van der Waals surface area contributed by atoms with Crippen LogP contribution in [0.2, 0.25) is 0 Å². The van der Waals surface area contributed by atoms with E-state index in [4.69, 9.17) is 4.74 Å². The van der Waals surface area contributed by atoms with Gasteiger partial charge in [0.15, 0.2) is 11.6 Å². The second-order valence-electron chi connectivity index (χ2n) is 11.1. The molecule has 1 saturated heterocycles. The van der Waals surface area contributed by atoms with Gasteiger partial charge in [0, 0.05) is 34.8 Å². The minimum atomic E-state index is -5.21. The predicted octanol–water partition coefficient (Wildman–Crippen LogP) is 6.41. The largest absolute Gasteiger partial charge is 0.508 e. The molecule has 1 aliphatic heterocycles. The van der Waals surface area contributed by atoms with Gasteiger partial charge in [-0.3, -0.25) is 19.2 Å². The van der Waals surface area contributed by atoms with E-state index >= 15 is 0 Å². The zero-order valence-electron chi connectivity index (χ0n) is 22.9. The molecule has 0 saturated carbocycles. The number of allylic oxidation sites excluding steroid dienone is 6. The third kappa shape index (κ3) is 4.89. The molecule has 0 spiro atoms. The molecule has 3 aliphatic carbocycles. The van der Waals surface area contributed by atoms with Crippen LogP contribution >= 0.6 is 15.9 Å². The van der Waals surface area contributed by atoms with Crippen LogP contribution in [-0.2, 0) is 31.5 Å². The summed E-state index contributed by atoms with van der Waals surface area (Å²) in [6.07, 6.45) is -7.97. The van der Waals surface area contributed by atoms with Crippen LogP contribution in [0, 0.1) is 17.8 Å². The number of aromatic hydroxyl groups is 1. The van der Waals surface area contributed by atoms with E-state index in [9.17, 15) is 50.6 Å². The second kappa shape index (κ2) is 10.4. The highest BCUT2D eigenvalue weighted by atomic mass is 79.9. The van der Waals surface area contributed by atoms with E-state index in [1.807, 2.05) is 0 Å². The number of nitrogens with zero attached hydrogens (tertiary/aromatic N) is 1. The quantitative estimate of drug-likeness (QED) is 0.173. The van der Waals surface area contributed by atoms with Crippen LogP contribution < -0.4 is 9.64 Å². The van der Waals surface area contributed by atoms with E-state index in [1.165, 1.54) is 25.3 Å². The number of alkyl halides is 6. The van der Waals surface area contributed by atoms with Gasteiger partial charge >= 0.3 is 12.4 Å². The first-order valence-electron chi connectivity index (χ1n) is 13.5. The average molecular weight is 696 g/mol. The second-order valence-corrected chi connectivity index (χ2v) is 12.0. The number of carbonyl (C=O) groups is 4. The first-order valence-corrected chi connectivity index (χ1v) is 14.3. The van der Waals surface area contributed by atoms with E-state index in [1.54, 1.807) is 6.08 Å². The van der Waals surface area contributed by atoms with Gasteiger partial charge in [-0.2, -0.15) is 26.3 Å². The third-order valence-electron chi connectivity index (χ3n) is 8.69. The average Bonchev–Trinajstić information content (AvgIpc) is 3.23. The number of ether oxygens (including phenoxy) is 1. The lowest BCUT2D eigenvalue weighted by Crippen LogP contribution is -2.39. The zero-order valence-corrected chi connectivity index (χ0v) is 24.5. The minimum Gasteiger partial charge on any atom is -0.508 e. The van der Waals surface area contributed by atoms with Gasteiger partial charge in [-0.15, -0.1) is 0 Å². The van der Waals surface area contributed by atoms with Gasteiger partial charge in [0.2, 0.25) is 11.8 Å². The van der Waals surface area contributed by atoms with Crippen LogP contribution in [0.4, 0.5) is 32.0 Å². The number of anilines is 1. The molecular formula is C31H20BrF6NO6. The van der Waals surface area contributed by atoms with Crippen molar-refractivity contribution >= 4 is 45.0 Å². The molecule has 4 atom stereocenters. The summed E-state index contributed by atoms with van der Waals surface area (Å²) in [6, 6.07) is 4.68. The van der Waals surface area contributed by atoms with Gasteiger partial charge in [0.05, 0.1) is 40.2 Å². The third-order valence-corrected chi connectivity index (χ3v) is 9.28. The molecule has 0 radical (unpaired) electrons. The maximum Gasteiger partial charge on any atom is 0.416 e. The van der Waals surface area contributed by atoms with Crippen molar-refractivity contribution in [2.45, 2.75) is 31.1 Å². The Labute approximate surface area is 259 Å². The monoisotopic (exact) mass is 695 g/mol. The molecule has 0 aromatic heterocycles. The predicted molar refractivity (Wildman–Crippen MR) is 148 cm³/mol. The SMILES string of the molecule is COc1cc(O)ccc1[C@H]1C2=CC[C@@H]3C(=O)N(c4cc(C(F)(F)F)cc(C(F)(F)F)c4)C(=O)[C@@H]3[C@@H]2CC2=C1C(=O)C=C(Br)C2=O. The first kappa shape index (κ1) is 30.8. The lowest BCUT2D eigenvalue weighted by molar-refractivity contribution is -0.143. The van der Waals surface area contributed by atoms with Crippen LogP contribution in [0.25, 0.3) is 0 Å². The molecule has 45 heavy (non-hydrogen) atoms. The Balaban J connectivity index is 1.49. The number of carbonyl (C=O) groups excluding carboxylic acids is 4. The lowest BCUT2D eigenvalue weighted by atomic mass is 9.59. The Bertz CT molecular complexity index is 1770. The number of phenolic OH excluding ortho intramolecular Hbond substituents is 1. The van der Waals surface area contributed by atoms with E-state index in [2.05, 4.69) is 15.9 Å². The summed E-state index contributed by atoms with van der Waals surface area (Å²) >= 11 is 3.09. The van der Waals surface area contributed by atoms with Crippen LogP contribution in [-0.4, -0.2) is 35.6 Å². The summed E-state index contributed by atoms with van der Waals surface area (Å²) in [7, 11) is 1.32. The molecule has 2 aromatic carbocycles. The number of phenols is 1. The van der Waals surface area contributed by atoms with E-state index < -0.39 is 76.2 Å². The maximum absolute atomic E-state index is 14.0. The summed E-state index contributed by atoms with van der Waals surface area (Å²) < 4.78 is 87.1. The molecule has 1 fully saturated rings. The number of methoxy groups -OCH3 is 1. The number of fused-ring (bicyclic) bond motifs is 3. The number of hydrogen-bond donors (Lipinski definition) is 1. The summed E-state index contributed by atoms with van der Waals surface area (Å²) in [5.74, 6) is -7.33. The molecule has 2 aromatic rings. The van der Waals surface area contributed by atoms with Crippen LogP contribution in [0.5, 0.6) is 11.5 Å². The molecule has 234 valence electrons. The molecule has 7 nitrogen and oxygen atoms in total. The number of halogens is 7. The van der Waals surface area contributed by atoms with E-state index in [0.717, 1.165) is 6.08 Å². The fourth-order valence-electron chi connectivity index (χ4n) is 6.82. The number of ketones is 2. The first-order chi connectivity index (χ1) is 21.0. The van der Waals surface area contributed by atoms with Crippen LogP contribution in [0.15, 0.2) is 69.8 Å². The van der Waals surface area contributed by atoms with Gasteiger partial charge in [-0.05, 0) is 59.0 Å². The van der Waals surface area contributed by atoms with Gasteiger partial charge in [0.1, 0.15) is 11.5 Å². The van der Waals surface area contributed by atoms with Gasteiger partial charge in [0.25, 0.3) is 0 Å². The fraction of sp³-hybridized carbons (Fsp3) is 0.290. The Morgan fingerprint density at radius 2 is 1.56 bits per heavy atom. The maximum atomic E-state index is 14.0. The summed E-state index contributed by atoms with van der Waals surface area (Å²) in [5, 5.41) is 10.1. The number of hydrogen-bond acceptors (Lipinski definition) is 6. The van der Waals surface area contributed by atoms with E-state index in [0.29, 0.717) is 28.2 Å². The molecular weight excluding hydrogens is 676 g/mol. The van der Waals surface area contributed by atoms with Gasteiger partial charge < -0.3 is 9.84 Å². The van der Waals surface area contributed by atoms with Gasteiger partial charge in [-0.1, -0.05) is 17.7 Å². The number of Topliss-reactive ketones (excluding diaryl/α,β-unsaturated/α-hetero) is 1. The summed E-state index contributed by atoms with van der Waals surface area (Å²) in [4.78, 5) is 54.7. The molecule has 6 rings (SSSR count). The van der Waals surface area contributed by atoms with Crippen molar-refractivity contribution in [1.82, 2.24) is 0 Å². The number of amides is 2. The summed E-state index contributed by atoms with van der Waals surface area (Å²) in [5.41, 5.74) is -3.25. The number of rotatable bonds is 3. The molecule has 1 heterocycles. The topological polar surface area (TPSA) is 101 Å². The standard InChI is InChI=1S/C31H20BrF6NO6/c1-45-23-9-15(40)2-3-17(23)24-16-4-5-18-25(19(16)10-20-26(24)22(41)11-21(32)27(20)42)29(44)39(28(18)43)14-7-12(30(33,34)35)6-13(8-14)31(36,37)38/h2-4,6-9,11,18-19,24-25,40H,5,10H2,1H3/t18-,19+,24+,25-/m0/s1. The van der Waals surface area contributed by atoms with Crippen molar-refractivity contribution in [3.63, 3.8) is 0 Å². The van der Waals surface area contributed by atoms with Crippen molar-refractivity contribution in [2.24, 2.45) is 17.8 Å². The minimum absolute atomic E-state index is 0.0402. The smallest absolute Gasteiger partial charge is 0.416 e. The fourth-order valence-corrected chi connectivity index (χ4v) is 7.27. The van der Waals surface area contributed by atoms with E-state index in [-0.39, 0.29) is 46.0 Å². The molecule has 14 heteroatoms. The Hall–Kier alpha value is -4.20. The highest BCUT2D eigenvalue weighted by molar-refractivity contribution is 9.12. The number of benzene rings is 2. The Morgan fingerprint density at radius 1 is 0.911 bits per heavy atom. The zero-order chi connectivity index (χ0) is 32.7. The van der Waals surface area contributed by atoms with Crippen molar-refractivity contribution in [1.29, 1.82) is 0 Å². The van der Waals surface area contributed by atoms with Crippen molar-refractivity contribution in [2.75, 3.05) is 12.0 Å². The highest BCUT2D eigenvalue weighted by Crippen LogP contribution is 2.57.